The number of halogens is 1. The summed E-state index contributed by atoms with van der Waals surface area (Å²) in [4.78, 5) is 28.8. The first-order valence-corrected chi connectivity index (χ1v) is 7.32. The van der Waals surface area contributed by atoms with Gasteiger partial charge in [0.05, 0.1) is 16.4 Å². The number of rotatable bonds is 4. The van der Waals surface area contributed by atoms with E-state index in [-0.39, 0.29) is 16.3 Å². The van der Waals surface area contributed by atoms with Gasteiger partial charge in [0.25, 0.3) is 0 Å². The topological polar surface area (TPSA) is 101 Å². The molecular formula is C12H13ClN4O3S. The molecule has 2 heterocycles. The molecule has 2 N–H and O–H groups in total. The summed E-state index contributed by atoms with van der Waals surface area (Å²) < 4.78 is 1.63. The number of carboxylic acids is 1. The van der Waals surface area contributed by atoms with Crippen molar-refractivity contribution in [3.8, 4) is 0 Å². The molecule has 0 fully saturated rings. The van der Waals surface area contributed by atoms with Crippen molar-refractivity contribution in [3.05, 3.63) is 38.2 Å². The molecule has 0 radical (unpaired) electrons. The lowest BCUT2D eigenvalue weighted by atomic mass is 10.2. The van der Waals surface area contributed by atoms with Crippen molar-refractivity contribution in [2.45, 2.75) is 24.6 Å². The zero-order valence-electron chi connectivity index (χ0n) is 11.6. The first-order chi connectivity index (χ1) is 9.81. The molecule has 0 unspecified atom stereocenters. The maximum Gasteiger partial charge on any atom is 0.346 e. The lowest BCUT2D eigenvalue weighted by Gasteiger charge is -2.07. The van der Waals surface area contributed by atoms with Crippen LogP contribution in [0.15, 0.2) is 9.82 Å². The Morgan fingerprint density at radius 2 is 2.14 bits per heavy atom. The predicted molar refractivity (Wildman–Crippen MR) is 79.1 cm³/mol. The van der Waals surface area contributed by atoms with Crippen LogP contribution in [0.5, 0.6) is 0 Å². The van der Waals surface area contributed by atoms with E-state index in [1.165, 1.54) is 6.92 Å². The zero-order chi connectivity index (χ0) is 15.7. The maximum atomic E-state index is 11.4. The van der Waals surface area contributed by atoms with Crippen LogP contribution in [0.2, 0.25) is 5.02 Å². The molecule has 21 heavy (non-hydrogen) atoms. The Balaban J connectivity index is 2.36. The lowest BCUT2D eigenvalue weighted by Crippen LogP contribution is -2.18. The van der Waals surface area contributed by atoms with Crippen molar-refractivity contribution in [1.29, 1.82) is 0 Å². The van der Waals surface area contributed by atoms with Gasteiger partial charge in [0.1, 0.15) is 10.6 Å². The van der Waals surface area contributed by atoms with E-state index in [0.29, 0.717) is 16.5 Å². The molecule has 0 aliphatic heterocycles. The van der Waals surface area contributed by atoms with Crippen molar-refractivity contribution in [3.63, 3.8) is 0 Å². The third-order valence-corrected chi connectivity index (χ3v) is 4.39. The van der Waals surface area contributed by atoms with Crippen LogP contribution >= 0.6 is 23.4 Å². The number of nitrogens with one attached hydrogen (secondary N) is 1. The molecule has 2 rings (SSSR count). The molecule has 7 nitrogen and oxygen atoms in total. The van der Waals surface area contributed by atoms with E-state index in [0.717, 1.165) is 17.5 Å². The average molecular weight is 329 g/mol. The van der Waals surface area contributed by atoms with E-state index in [1.807, 2.05) is 0 Å². The molecule has 0 atom stereocenters. The molecule has 0 spiro atoms. The summed E-state index contributed by atoms with van der Waals surface area (Å²) in [6.45, 7) is 3.31. The number of aryl methyl sites for hydroxylation is 3. The monoisotopic (exact) mass is 328 g/mol. The quantitative estimate of drug-likeness (QED) is 0.655. The van der Waals surface area contributed by atoms with Crippen LogP contribution in [0, 0.1) is 13.8 Å². The van der Waals surface area contributed by atoms with E-state index < -0.39 is 11.7 Å². The summed E-state index contributed by atoms with van der Waals surface area (Å²) in [6.07, 6.45) is 0. The van der Waals surface area contributed by atoms with Crippen molar-refractivity contribution in [2.75, 3.05) is 0 Å². The first kappa shape index (κ1) is 15.6. The van der Waals surface area contributed by atoms with Crippen LogP contribution < -0.4 is 5.69 Å². The number of carbonyl (C=O) groups is 1. The highest BCUT2D eigenvalue weighted by molar-refractivity contribution is 7.98. The zero-order valence-corrected chi connectivity index (χ0v) is 13.2. The number of carboxylic acid groups (broad SMARTS) is 1. The maximum absolute atomic E-state index is 11.4. The number of hydrogen-bond donors (Lipinski definition) is 2. The van der Waals surface area contributed by atoms with Crippen LogP contribution in [0.1, 0.15) is 27.4 Å². The number of aromatic amines is 1. The van der Waals surface area contributed by atoms with Gasteiger partial charge in [-0.15, -0.1) is 0 Å². The number of aromatic carboxylic acids is 1. The van der Waals surface area contributed by atoms with Gasteiger partial charge in [0.15, 0.2) is 0 Å². The van der Waals surface area contributed by atoms with Gasteiger partial charge in [0.2, 0.25) is 0 Å². The van der Waals surface area contributed by atoms with Crippen molar-refractivity contribution in [2.24, 2.45) is 7.05 Å². The Morgan fingerprint density at radius 3 is 2.67 bits per heavy atom. The molecule has 9 heteroatoms. The molecule has 2 aromatic heterocycles. The second kappa shape index (κ2) is 5.90. The second-order valence-electron chi connectivity index (χ2n) is 4.41. The van der Waals surface area contributed by atoms with Crippen molar-refractivity contribution < 1.29 is 9.90 Å². The van der Waals surface area contributed by atoms with Crippen LogP contribution in [-0.4, -0.2) is 30.8 Å². The van der Waals surface area contributed by atoms with Crippen molar-refractivity contribution >= 4 is 29.3 Å². The van der Waals surface area contributed by atoms with Crippen molar-refractivity contribution in [1.82, 2.24) is 19.7 Å². The number of thioether (sulfide) groups is 1. The third-order valence-electron chi connectivity index (χ3n) is 2.91. The first-order valence-electron chi connectivity index (χ1n) is 5.96. The fourth-order valence-corrected chi connectivity index (χ4v) is 3.33. The predicted octanol–water partition coefficient (Wildman–Crippen LogP) is 1.76. The van der Waals surface area contributed by atoms with E-state index in [2.05, 4.69) is 15.1 Å². The van der Waals surface area contributed by atoms with Gasteiger partial charge in [-0.2, -0.15) is 10.1 Å². The summed E-state index contributed by atoms with van der Waals surface area (Å²) in [5.41, 5.74) is 1.14. The average Bonchev–Trinajstić information content (AvgIpc) is 2.59. The van der Waals surface area contributed by atoms with Gasteiger partial charge in [-0.1, -0.05) is 23.4 Å². The smallest absolute Gasteiger partial charge is 0.346 e. The molecule has 112 valence electrons. The Kier molecular flexibility index (Phi) is 4.38. The molecule has 0 aliphatic rings. The summed E-state index contributed by atoms with van der Waals surface area (Å²) in [7, 11) is 1.75. The summed E-state index contributed by atoms with van der Waals surface area (Å²) in [5, 5.41) is 14.1. The fraction of sp³-hybridized carbons (Fsp3) is 0.333. The van der Waals surface area contributed by atoms with E-state index in [9.17, 15) is 14.7 Å². The SMILES string of the molecule is Cc1nn(C)c(CSc2nc(=O)[nH]c(C)c2C(=O)O)c1Cl. The van der Waals surface area contributed by atoms with Gasteiger partial charge in [-0.05, 0) is 13.8 Å². The molecule has 0 aliphatic carbocycles. The van der Waals surface area contributed by atoms with E-state index in [4.69, 9.17) is 11.6 Å². The second-order valence-corrected chi connectivity index (χ2v) is 5.75. The number of hydrogen-bond acceptors (Lipinski definition) is 5. The number of aromatic nitrogens is 4. The molecule has 0 saturated carbocycles. The highest BCUT2D eigenvalue weighted by atomic mass is 35.5. The molecule has 0 bridgehead atoms. The van der Waals surface area contributed by atoms with Crippen LogP contribution in [0.25, 0.3) is 0 Å². The molecular weight excluding hydrogens is 316 g/mol. The minimum atomic E-state index is -1.13. The molecule has 0 aromatic carbocycles. The summed E-state index contributed by atoms with van der Waals surface area (Å²) >= 11 is 7.29. The molecule has 0 saturated heterocycles. The van der Waals surface area contributed by atoms with Gasteiger partial charge in [-0.25, -0.2) is 9.59 Å². The largest absolute Gasteiger partial charge is 0.478 e. The Morgan fingerprint density at radius 1 is 1.48 bits per heavy atom. The highest BCUT2D eigenvalue weighted by Crippen LogP contribution is 2.29. The van der Waals surface area contributed by atoms with Crippen LogP contribution in [-0.2, 0) is 12.8 Å². The fourth-order valence-electron chi connectivity index (χ4n) is 1.89. The van der Waals surface area contributed by atoms with Crippen LogP contribution in [0.3, 0.4) is 0 Å². The minimum absolute atomic E-state index is 0.00499. The number of H-pyrrole nitrogens is 1. The van der Waals surface area contributed by atoms with E-state index >= 15 is 0 Å². The molecule has 2 aromatic rings. The Labute approximate surface area is 129 Å². The summed E-state index contributed by atoms with van der Waals surface area (Å²) in [5.74, 6) is -0.766. The highest BCUT2D eigenvalue weighted by Gasteiger charge is 2.19. The standard InChI is InChI=1S/C12H13ClN4O3S/c1-5-8(11(18)19)10(15-12(20)14-5)21-4-7-9(13)6(2)16-17(7)3/h4H2,1-3H3,(H,18,19)(H,14,15,20). The van der Waals surface area contributed by atoms with E-state index in [1.54, 1.807) is 18.7 Å². The Bertz CT molecular complexity index is 769. The summed E-state index contributed by atoms with van der Waals surface area (Å²) in [6, 6.07) is 0. The van der Waals surface area contributed by atoms with Gasteiger partial charge in [-0.3, -0.25) is 4.68 Å². The lowest BCUT2D eigenvalue weighted by molar-refractivity contribution is 0.0690. The normalized spacial score (nSPS) is 10.9. The van der Waals surface area contributed by atoms with Gasteiger partial charge in [0, 0.05) is 18.5 Å². The Hall–Kier alpha value is -1.80. The minimum Gasteiger partial charge on any atom is -0.478 e. The van der Waals surface area contributed by atoms with Gasteiger partial charge < -0.3 is 10.1 Å². The van der Waals surface area contributed by atoms with Gasteiger partial charge >= 0.3 is 11.7 Å². The van der Waals surface area contributed by atoms with Crippen LogP contribution in [0.4, 0.5) is 0 Å². The number of nitrogens with zero attached hydrogens (tertiary/aromatic N) is 3. The third kappa shape index (κ3) is 3.11. The molecule has 0 amide bonds.